The van der Waals surface area contributed by atoms with Gasteiger partial charge in [0.2, 0.25) is 0 Å². The monoisotopic (exact) mass is 152 g/mol. The molecule has 1 unspecified atom stereocenters. The fraction of sp³-hybridized carbons (Fsp3) is 0.444. The third-order valence-electron chi connectivity index (χ3n) is 1.87. The molecule has 2 heteroatoms. The first-order valence-corrected chi connectivity index (χ1v) is 3.71. The number of carbonyl (C=O) groups is 1. The molecule has 1 rings (SSSR count). The van der Waals surface area contributed by atoms with Gasteiger partial charge in [-0.2, -0.15) is 0 Å². The van der Waals surface area contributed by atoms with Gasteiger partial charge in [-0.05, 0) is 13.3 Å². The first-order chi connectivity index (χ1) is 5.25. The summed E-state index contributed by atoms with van der Waals surface area (Å²) in [6.07, 6.45) is 4.37. The molecule has 0 aliphatic carbocycles. The van der Waals surface area contributed by atoms with E-state index in [0.717, 1.165) is 12.0 Å². The van der Waals surface area contributed by atoms with Crippen LogP contribution in [0, 0.1) is 5.92 Å². The standard InChI is InChI=1S/C9H12O2/c1-3-4-7(2)8-5-6-11-9(8)10/h3-4,8H,1,5-6H2,2H3. The van der Waals surface area contributed by atoms with Gasteiger partial charge in [-0.1, -0.05) is 24.3 Å². The molecule has 0 radical (unpaired) electrons. The van der Waals surface area contributed by atoms with Crippen LogP contribution in [0.2, 0.25) is 0 Å². The lowest BCUT2D eigenvalue weighted by atomic mass is 9.99. The number of carbonyl (C=O) groups excluding carboxylic acids is 1. The highest BCUT2D eigenvalue weighted by Gasteiger charge is 2.27. The Kier molecular flexibility index (Phi) is 2.47. The van der Waals surface area contributed by atoms with Gasteiger partial charge in [0.1, 0.15) is 0 Å². The van der Waals surface area contributed by atoms with E-state index in [1.54, 1.807) is 6.08 Å². The van der Waals surface area contributed by atoms with Crippen LogP contribution in [0.3, 0.4) is 0 Å². The zero-order chi connectivity index (χ0) is 8.27. The Balaban J connectivity index is 2.66. The van der Waals surface area contributed by atoms with E-state index >= 15 is 0 Å². The number of ether oxygens (including phenoxy) is 1. The van der Waals surface area contributed by atoms with Gasteiger partial charge in [-0.3, -0.25) is 4.79 Å². The Morgan fingerprint density at radius 3 is 3.00 bits per heavy atom. The van der Waals surface area contributed by atoms with Gasteiger partial charge in [-0.25, -0.2) is 0 Å². The fourth-order valence-electron chi connectivity index (χ4n) is 1.21. The summed E-state index contributed by atoms with van der Waals surface area (Å²) < 4.78 is 4.82. The molecule has 1 aliphatic heterocycles. The molecule has 0 saturated carbocycles. The highest BCUT2D eigenvalue weighted by atomic mass is 16.5. The molecule has 0 amide bonds. The summed E-state index contributed by atoms with van der Waals surface area (Å²) in [5.74, 6) is -0.117. The highest BCUT2D eigenvalue weighted by molar-refractivity contribution is 5.77. The van der Waals surface area contributed by atoms with Crippen LogP contribution in [0.4, 0.5) is 0 Å². The van der Waals surface area contributed by atoms with Crippen LogP contribution in [-0.4, -0.2) is 12.6 Å². The average molecular weight is 152 g/mol. The SMILES string of the molecule is C=CC=C(C)C1CCOC1=O. The van der Waals surface area contributed by atoms with Crippen molar-refractivity contribution in [1.29, 1.82) is 0 Å². The third-order valence-corrected chi connectivity index (χ3v) is 1.87. The van der Waals surface area contributed by atoms with Gasteiger partial charge < -0.3 is 4.74 Å². The van der Waals surface area contributed by atoms with E-state index in [9.17, 15) is 4.79 Å². The van der Waals surface area contributed by atoms with Crippen LogP contribution >= 0.6 is 0 Å². The van der Waals surface area contributed by atoms with Crippen LogP contribution < -0.4 is 0 Å². The van der Waals surface area contributed by atoms with Crippen molar-refractivity contribution in [1.82, 2.24) is 0 Å². The second-order valence-electron chi connectivity index (χ2n) is 2.66. The maximum Gasteiger partial charge on any atom is 0.313 e. The molecule has 11 heavy (non-hydrogen) atoms. The molecule has 2 nitrogen and oxygen atoms in total. The second-order valence-corrected chi connectivity index (χ2v) is 2.66. The van der Waals surface area contributed by atoms with E-state index in [4.69, 9.17) is 4.74 Å². The smallest absolute Gasteiger partial charge is 0.313 e. The summed E-state index contributed by atoms with van der Waals surface area (Å²) in [6.45, 7) is 6.06. The Morgan fingerprint density at radius 1 is 1.82 bits per heavy atom. The van der Waals surface area contributed by atoms with Crippen molar-refractivity contribution in [3.8, 4) is 0 Å². The fourth-order valence-corrected chi connectivity index (χ4v) is 1.21. The van der Waals surface area contributed by atoms with Crippen LogP contribution in [0.15, 0.2) is 24.3 Å². The minimum atomic E-state index is -0.0967. The van der Waals surface area contributed by atoms with E-state index in [0.29, 0.717) is 6.61 Å². The summed E-state index contributed by atoms with van der Waals surface area (Å²) in [6, 6.07) is 0. The van der Waals surface area contributed by atoms with Crippen molar-refractivity contribution < 1.29 is 9.53 Å². The van der Waals surface area contributed by atoms with Gasteiger partial charge in [0.05, 0.1) is 12.5 Å². The summed E-state index contributed by atoms with van der Waals surface area (Å²) in [5, 5.41) is 0. The van der Waals surface area contributed by atoms with Crippen molar-refractivity contribution in [2.45, 2.75) is 13.3 Å². The van der Waals surface area contributed by atoms with E-state index in [-0.39, 0.29) is 11.9 Å². The zero-order valence-electron chi connectivity index (χ0n) is 6.67. The lowest BCUT2D eigenvalue weighted by molar-refractivity contribution is -0.140. The first kappa shape index (κ1) is 8.05. The number of hydrogen-bond acceptors (Lipinski definition) is 2. The van der Waals surface area contributed by atoms with Crippen LogP contribution in [-0.2, 0) is 9.53 Å². The zero-order valence-corrected chi connectivity index (χ0v) is 6.67. The van der Waals surface area contributed by atoms with Crippen molar-refractivity contribution in [3.63, 3.8) is 0 Å². The lowest BCUT2D eigenvalue weighted by Crippen LogP contribution is -2.08. The predicted octanol–water partition coefficient (Wildman–Crippen LogP) is 1.68. The van der Waals surface area contributed by atoms with E-state index in [1.165, 1.54) is 0 Å². The third kappa shape index (κ3) is 1.70. The molecule has 1 aliphatic rings. The topological polar surface area (TPSA) is 26.3 Å². The molecule has 1 fully saturated rings. The normalized spacial score (nSPS) is 25.0. The van der Waals surface area contributed by atoms with Gasteiger partial charge in [0, 0.05) is 0 Å². The molecule has 1 heterocycles. The molecule has 60 valence electrons. The molecule has 0 aromatic carbocycles. The maximum absolute atomic E-state index is 11.0. The van der Waals surface area contributed by atoms with Crippen molar-refractivity contribution in [3.05, 3.63) is 24.3 Å². The van der Waals surface area contributed by atoms with Crippen LogP contribution in [0.5, 0.6) is 0 Å². The Bertz CT molecular complexity index is 204. The Morgan fingerprint density at radius 2 is 2.55 bits per heavy atom. The molecule has 0 aromatic rings. The average Bonchev–Trinajstić information content (AvgIpc) is 2.36. The minimum absolute atomic E-state index is 0.0204. The van der Waals surface area contributed by atoms with Crippen LogP contribution in [0.25, 0.3) is 0 Å². The van der Waals surface area contributed by atoms with Gasteiger partial charge in [0.15, 0.2) is 0 Å². The lowest BCUT2D eigenvalue weighted by Gasteiger charge is -2.03. The molecule has 0 N–H and O–H groups in total. The number of rotatable bonds is 2. The van der Waals surface area contributed by atoms with Crippen LogP contribution in [0.1, 0.15) is 13.3 Å². The number of allylic oxidation sites excluding steroid dienone is 2. The molecular weight excluding hydrogens is 140 g/mol. The van der Waals surface area contributed by atoms with Gasteiger partial charge >= 0.3 is 5.97 Å². The summed E-state index contributed by atoms with van der Waals surface area (Å²) in [4.78, 5) is 11.0. The Labute approximate surface area is 66.5 Å². The molecular formula is C9H12O2. The Hall–Kier alpha value is -1.05. The summed E-state index contributed by atoms with van der Waals surface area (Å²) in [7, 11) is 0. The highest BCUT2D eigenvalue weighted by Crippen LogP contribution is 2.22. The number of hydrogen-bond donors (Lipinski definition) is 0. The van der Waals surface area contributed by atoms with Gasteiger partial charge in [0.25, 0.3) is 0 Å². The quantitative estimate of drug-likeness (QED) is 0.444. The maximum atomic E-state index is 11.0. The number of cyclic esters (lactones) is 1. The van der Waals surface area contributed by atoms with E-state index in [1.807, 2.05) is 13.0 Å². The molecule has 0 aromatic heterocycles. The molecule has 1 atom stereocenters. The second kappa shape index (κ2) is 3.37. The molecule has 0 bridgehead atoms. The van der Waals surface area contributed by atoms with Crippen molar-refractivity contribution >= 4 is 5.97 Å². The number of esters is 1. The first-order valence-electron chi connectivity index (χ1n) is 3.71. The van der Waals surface area contributed by atoms with Crippen molar-refractivity contribution in [2.24, 2.45) is 5.92 Å². The van der Waals surface area contributed by atoms with Gasteiger partial charge in [-0.15, -0.1) is 0 Å². The molecule has 0 spiro atoms. The predicted molar refractivity (Wildman–Crippen MR) is 43.0 cm³/mol. The van der Waals surface area contributed by atoms with E-state index < -0.39 is 0 Å². The summed E-state index contributed by atoms with van der Waals surface area (Å²) >= 11 is 0. The minimum Gasteiger partial charge on any atom is -0.465 e. The molecule has 1 saturated heterocycles. The summed E-state index contributed by atoms with van der Waals surface area (Å²) in [5.41, 5.74) is 1.04. The van der Waals surface area contributed by atoms with Crippen molar-refractivity contribution in [2.75, 3.05) is 6.61 Å². The largest absolute Gasteiger partial charge is 0.465 e. The van der Waals surface area contributed by atoms with E-state index in [2.05, 4.69) is 6.58 Å².